The maximum absolute atomic E-state index is 12.3. The maximum Gasteiger partial charge on any atom is 0.273 e. The molecule has 0 unspecified atom stereocenters. The number of rotatable bonds is 5. The molecule has 0 aliphatic carbocycles. The summed E-state index contributed by atoms with van der Waals surface area (Å²) in [5.41, 5.74) is 1.75. The fraction of sp³-hybridized carbons (Fsp3) is 0.412. The lowest BCUT2D eigenvalue weighted by Crippen LogP contribution is -2.33. The zero-order valence-electron chi connectivity index (χ0n) is 14.0. The van der Waals surface area contributed by atoms with E-state index in [0.29, 0.717) is 18.7 Å². The van der Waals surface area contributed by atoms with Gasteiger partial charge in [0.1, 0.15) is 0 Å². The Morgan fingerprint density at radius 1 is 1.28 bits per heavy atom. The number of hydrogen-bond acceptors (Lipinski definition) is 4. The third-order valence-corrected chi connectivity index (χ3v) is 4.74. The minimum absolute atomic E-state index is 0.0901. The molecular weight excluding hydrogens is 386 g/mol. The molecule has 1 aromatic carbocycles. The van der Waals surface area contributed by atoms with Crippen molar-refractivity contribution in [3.05, 3.63) is 40.1 Å². The van der Waals surface area contributed by atoms with E-state index in [4.69, 9.17) is 0 Å². The predicted octanol–water partition coefficient (Wildman–Crippen LogP) is 2.08. The Bertz CT molecular complexity index is 783. The van der Waals surface area contributed by atoms with E-state index in [0.717, 1.165) is 36.1 Å². The van der Waals surface area contributed by atoms with Crippen molar-refractivity contribution in [2.24, 2.45) is 0 Å². The summed E-state index contributed by atoms with van der Waals surface area (Å²) in [7, 11) is 0. The first-order chi connectivity index (χ1) is 12.1. The summed E-state index contributed by atoms with van der Waals surface area (Å²) in [6.07, 6.45) is 2.44. The van der Waals surface area contributed by atoms with E-state index >= 15 is 0 Å². The fourth-order valence-electron chi connectivity index (χ4n) is 2.88. The van der Waals surface area contributed by atoms with Gasteiger partial charge in [0.2, 0.25) is 5.91 Å². The second-order valence-electron chi connectivity index (χ2n) is 6.01. The molecule has 1 saturated heterocycles. The quantitative estimate of drug-likeness (QED) is 0.825. The number of hydrogen-bond donors (Lipinski definition) is 1. The van der Waals surface area contributed by atoms with Gasteiger partial charge in [0, 0.05) is 30.5 Å². The zero-order valence-corrected chi connectivity index (χ0v) is 15.6. The lowest BCUT2D eigenvalue weighted by Gasteiger charge is -2.14. The Morgan fingerprint density at radius 2 is 2.04 bits per heavy atom. The number of nitrogens with zero attached hydrogens (tertiary/aromatic N) is 4. The molecule has 25 heavy (non-hydrogen) atoms. The molecule has 2 amide bonds. The molecule has 0 spiro atoms. The number of likely N-dealkylation sites (tertiary alicyclic amines) is 1. The van der Waals surface area contributed by atoms with Crippen LogP contribution in [-0.2, 0) is 4.79 Å². The lowest BCUT2D eigenvalue weighted by atomic mass is 10.2. The van der Waals surface area contributed by atoms with E-state index < -0.39 is 0 Å². The van der Waals surface area contributed by atoms with Crippen molar-refractivity contribution in [2.75, 3.05) is 19.6 Å². The molecule has 1 aromatic heterocycles. The van der Waals surface area contributed by atoms with E-state index in [9.17, 15) is 9.59 Å². The van der Waals surface area contributed by atoms with E-state index in [1.165, 1.54) is 0 Å². The van der Waals surface area contributed by atoms with Gasteiger partial charge < -0.3 is 10.2 Å². The molecule has 0 bridgehead atoms. The fourth-order valence-corrected chi connectivity index (χ4v) is 3.27. The highest BCUT2D eigenvalue weighted by Gasteiger charge is 2.20. The number of carbonyl (C=O) groups excluding carboxylic acids is 2. The van der Waals surface area contributed by atoms with Crippen molar-refractivity contribution in [3.63, 3.8) is 0 Å². The van der Waals surface area contributed by atoms with Crippen molar-refractivity contribution in [1.29, 1.82) is 0 Å². The SMILES string of the molecule is Cc1c(C(=O)NCCC(=O)N2CCCC2)nnn1-c1cccc(Br)c1. The zero-order chi connectivity index (χ0) is 17.8. The molecule has 0 saturated carbocycles. The summed E-state index contributed by atoms with van der Waals surface area (Å²) in [5.74, 6) is -0.222. The summed E-state index contributed by atoms with van der Waals surface area (Å²) in [6.45, 7) is 3.75. The topological polar surface area (TPSA) is 80.1 Å². The van der Waals surface area contributed by atoms with Crippen LogP contribution in [0.25, 0.3) is 5.69 Å². The smallest absolute Gasteiger partial charge is 0.273 e. The molecule has 1 aliphatic rings. The second-order valence-corrected chi connectivity index (χ2v) is 6.92. The monoisotopic (exact) mass is 405 g/mol. The van der Waals surface area contributed by atoms with Crippen molar-refractivity contribution in [2.45, 2.75) is 26.2 Å². The Labute approximate surface area is 154 Å². The maximum atomic E-state index is 12.3. The standard InChI is InChI=1S/C17H20BrN5O2/c1-12-16(20-21-23(12)14-6-4-5-13(18)11-14)17(25)19-8-7-15(24)22-9-2-3-10-22/h4-6,11H,2-3,7-10H2,1H3,(H,19,25). The number of benzene rings is 1. The van der Waals surface area contributed by atoms with Crippen LogP contribution in [0, 0.1) is 6.92 Å². The number of amides is 2. The Hall–Kier alpha value is -2.22. The van der Waals surface area contributed by atoms with Gasteiger partial charge in [-0.1, -0.05) is 27.2 Å². The number of nitrogens with one attached hydrogen (secondary N) is 1. The third kappa shape index (κ3) is 4.07. The lowest BCUT2D eigenvalue weighted by molar-refractivity contribution is -0.129. The molecule has 3 rings (SSSR count). The van der Waals surface area contributed by atoms with E-state index in [-0.39, 0.29) is 17.5 Å². The average molecular weight is 406 g/mol. The van der Waals surface area contributed by atoms with Crippen LogP contribution in [0.15, 0.2) is 28.7 Å². The molecule has 0 radical (unpaired) electrons. The van der Waals surface area contributed by atoms with E-state index in [1.54, 1.807) is 11.6 Å². The molecule has 8 heteroatoms. The van der Waals surface area contributed by atoms with Gasteiger partial charge in [-0.25, -0.2) is 4.68 Å². The number of halogens is 1. The van der Waals surface area contributed by atoms with Gasteiger partial charge in [-0.3, -0.25) is 9.59 Å². The van der Waals surface area contributed by atoms with Crippen molar-refractivity contribution in [3.8, 4) is 5.69 Å². The summed E-state index contributed by atoms with van der Waals surface area (Å²) in [4.78, 5) is 26.2. The molecule has 7 nitrogen and oxygen atoms in total. The van der Waals surface area contributed by atoms with Gasteiger partial charge in [0.25, 0.3) is 5.91 Å². The average Bonchev–Trinajstić information content (AvgIpc) is 3.24. The van der Waals surface area contributed by atoms with Crippen LogP contribution in [0.4, 0.5) is 0 Å². The van der Waals surface area contributed by atoms with Crippen molar-refractivity contribution < 1.29 is 9.59 Å². The van der Waals surface area contributed by atoms with Gasteiger partial charge in [-0.2, -0.15) is 0 Å². The third-order valence-electron chi connectivity index (χ3n) is 4.25. The summed E-state index contributed by atoms with van der Waals surface area (Å²) in [5, 5.41) is 10.8. The Morgan fingerprint density at radius 3 is 2.76 bits per heavy atom. The predicted molar refractivity (Wildman–Crippen MR) is 96.6 cm³/mol. The molecule has 1 N–H and O–H groups in total. The van der Waals surface area contributed by atoms with Crippen molar-refractivity contribution >= 4 is 27.7 Å². The molecule has 1 aliphatic heterocycles. The van der Waals surface area contributed by atoms with Gasteiger partial charge in [-0.05, 0) is 38.0 Å². The Balaban J connectivity index is 1.60. The van der Waals surface area contributed by atoms with Crippen LogP contribution >= 0.6 is 15.9 Å². The Kier molecular flexibility index (Phi) is 5.47. The second kappa shape index (κ2) is 7.77. The molecule has 132 valence electrons. The summed E-state index contributed by atoms with van der Waals surface area (Å²) >= 11 is 3.42. The van der Waals surface area contributed by atoms with Gasteiger partial charge in [-0.15, -0.1) is 5.10 Å². The first kappa shape index (κ1) is 17.6. The molecule has 2 aromatic rings. The minimum atomic E-state index is -0.312. The van der Waals surface area contributed by atoms with Crippen LogP contribution in [0.2, 0.25) is 0 Å². The number of carbonyl (C=O) groups is 2. The number of aromatic nitrogens is 3. The van der Waals surface area contributed by atoms with E-state index in [2.05, 4.69) is 31.6 Å². The van der Waals surface area contributed by atoms with Crippen LogP contribution < -0.4 is 5.32 Å². The molecular formula is C17H20BrN5O2. The highest BCUT2D eigenvalue weighted by Crippen LogP contribution is 2.17. The summed E-state index contributed by atoms with van der Waals surface area (Å²) < 4.78 is 2.54. The van der Waals surface area contributed by atoms with Gasteiger partial charge >= 0.3 is 0 Å². The van der Waals surface area contributed by atoms with Crippen LogP contribution in [0.3, 0.4) is 0 Å². The first-order valence-electron chi connectivity index (χ1n) is 8.30. The van der Waals surface area contributed by atoms with Gasteiger partial charge in [0.15, 0.2) is 5.69 Å². The highest BCUT2D eigenvalue weighted by atomic mass is 79.9. The molecule has 2 heterocycles. The molecule has 1 fully saturated rings. The van der Waals surface area contributed by atoms with Crippen molar-refractivity contribution in [1.82, 2.24) is 25.2 Å². The van der Waals surface area contributed by atoms with Crippen LogP contribution in [0.1, 0.15) is 35.4 Å². The normalized spacial score (nSPS) is 13.9. The first-order valence-corrected chi connectivity index (χ1v) is 9.10. The van der Waals surface area contributed by atoms with Gasteiger partial charge in [0.05, 0.1) is 11.4 Å². The summed E-state index contributed by atoms with van der Waals surface area (Å²) in [6, 6.07) is 7.60. The van der Waals surface area contributed by atoms with Crippen LogP contribution in [-0.4, -0.2) is 51.3 Å². The minimum Gasteiger partial charge on any atom is -0.350 e. The van der Waals surface area contributed by atoms with E-state index in [1.807, 2.05) is 29.2 Å². The molecule has 0 atom stereocenters. The van der Waals surface area contributed by atoms with Crippen LogP contribution in [0.5, 0.6) is 0 Å². The highest BCUT2D eigenvalue weighted by molar-refractivity contribution is 9.10. The largest absolute Gasteiger partial charge is 0.350 e.